The highest BCUT2D eigenvalue weighted by Crippen LogP contribution is 2.33. The van der Waals surface area contributed by atoms with Crippen molar-refractivity contribution in [1.82, 2.24) is 4.98 Å². The molecule has 0 fully saturated rings. The molecule has 0 aliphatic rings. The van der Waals surface area contributed by atoms with Gasteiger partial charge >= 0.3 is 11.9 Å². The van der Waals surface area contributed by atoms with Crippen LogP contribution in [0.5, 0.6) is 0 Å². The van der Waals surface area contributed by atoms with E-state index in [-0.39, 0.29) is 6.42 Å². The average Bonchev–Trinajstić information content (AvgIpc) is 3.42. The van der Waals surface area contributed by atoms with Gasteiger partial charge in [0.2, 0.25) is 0 Å². The zero-order valence-corrected chi connectivity index (χ0v) is 17.5. The molecular formula is C24H19NO5S. The first-order valence-corrected chi connectivity index (χ1v) is 10.4. The SMILES string of the molecule is COC(=O)c1ccccc1-c1ccc(C=C(CCC(=O)O)c2nc3ccccc3s2)o1. The lowest BCUT2D eigenvalue weighted by Crippen LogP contribution is -2.02. The van der Waals surface area contributed by atoms with E-state index in [0.717, 1.165) is 20.8 Å². The van der Waals surface area contributed by atoms with Crippen molar-refractivity contribution in [2.24, 2.45) is 0 Å². The number of furan rings is 1. The highest BCUT2D eigenvalue weighted by atomic mass is 32.1. The molecule has 2 heterocycles. The molecule has 4 aromatic rings. The normalized spacial score (nSPS) is 11.6. The van der Waals surface area contributed by atoms with Crippen LogP contribution in [-0.4, -0.2) is 29.1 Å². The number of hydrogen-bond acceptors (Lipinski definition) is 6. The molecule has 0 saturated heterocycles. The first-order chi connectivity index (χ1) is 15.0. The number of hydrogen-bond donors (Lipinski definition) is 1. The van der Waals surface area contributed by atoms with Gasteiger partial charge in [-0.3, -0.25) is 4.79 Å². The number of rotatable bonds is 7. The second-order valence-electron chi connectivity index (χ2n) is 6.79. The number of thiazole rings is 1. The maximum Gasteiger partial charge on any atom is 0.338 e. The Kier molecular flexibility index (Phi) is 5.95. The summed E-state index contributed by atoms with van der Waals surface area (Å²) >= 11 is 1.51. The first kappa shape index (κ1) is 20.6. The Labute approximate surface area is 182 Å². The predicted molar refractivity (Wildman–Crippen MR) is 120 cm³/mol. The van der Waals surface area contributed by atoms with Crippen LogP contribution in [-0.2, 0) is 9.53 Å². The number of benzene rings is 2. The average molecular weight is 433 g/mol. The summed E-state index contributed by atoms with van der Waals surface area (Å²) in [6, 6.07) is 18.4. The van der Waals surface area contributed by atoms with Crippen LogP contribution < -0.4 is 0 Å². The van der Waals surface area contributed by atoms with E-state index in [1.165, 1.54) is 18.4 Å². The standard InChI is InChI=1S/C24H19NO5S/c1-29-24(28)18-7-3-2-6-17(18)20-12-11-16(30-20)14-15(10-13-22(26)27)23-25-19-8-4-5-9-21(19)31-23/h2-9,11-12,14H,10,13H2,1H3,(H,26,27). The Bertz CT molecular complexity index is 1250. The zero-order valence-electron chi connectivity index (χ0n) is 16.7. The number of carbonyl (C=O) groups is 2. The molecule has 0 bridgehead atoms. The summed E-state index contributed by atoms with van der Waals surface area (Å²) < 4.78 is 11.9. The summed E-state index contributed by atoms with van der Waals surface area (Å²) in [5, 5.41) is 9.92. The van der Waals surface area contributed by atoms with Crippen molar-refractivity contribution in [2.75, 3.05) is 7.11 Å². The molecule has 0 amide bonds. The quantitative estimate of drug-likeness (QED) is 0.373. The highest BCUT2D eigenvalue weighted by Gasteiger charge is 2.16. The Morgan fingerprint density at radius 3 is 2.61 bits per heavy atom. The van der Waals surface area contributed by atoms with Gasteiger partial charge in [0.25, 0.3) is 0 Å². The number of fused-ring (bicyclic) bond motifs is 1. The minimum atomic E-state index is -0.876. The number of ether oxygens (including phenoxy) is 1. The lowest BCUT2D eigenvalue weighted by atomic mass is 10.1. The van der Waals surface area contributed by atoms with E-state index in [1.54, 1.807) is 30.3 Å². The number of carbonyl (C=O) groups excluding carboxylic acids is 1. The van der Waals surface area contributed by atoms with Crippen LogP contribution in [0, 0.1) is 0 Å². The fourth-order valence-corrected chi connectivity index (χ4v) is 4.23. The summed E-state index contributed by atoms with van der Waals surface area (Å²) in [5.41, 5.74) is 2.69. The van der Waals surface area contributed by atoms with E-state index >= 15 is 0 Å². The fraction of sp³-hybridized carbons (Fsp3) is 0.125. The molecule has 7 heteroatoms. The molecule has 0 unspecified atom stereocenters. The molecule has 0 aliphatic carbocycles. The van der Waals surface area contributed by atoms with Gasteiger partial charge in [-0.25, -0.2) is 9.78 Å². The van der Waals surface area contributed by atoms with Crippen LogP contribution in [0.2, 0.25) is 0 Å². The number of aliphatic carboxylic acids is 1. The Hall–Kier alpha value is -3.71. The number of nitrogens with zero attached hydrogens (tertiary/aromatic N) is 1. The molecular weight excluding hydrogens is 414 g/mol. The summed E-state index contributed by atoms with van der Waals surface area (Å²) in [6.45, 7) is 0. The van der Waals surface area contributed by atoms with Crippen LogP contribution in [0.3, 0.4) is 0 Å². The van der Waals surface area contributed by atoms with Crippen molar-refractivity contribution in [3.05, 3.63) is 77.0 Å². The van der Waals surface area contributed by atoms with Crippen LogP contribution in [0.4, 0.5) is 0 Å². The molecule has 0 saturated carbocycles. The van der Waals surface area contributed by atoms with Crippen LogP contribution in [0.15, 0.2) is 65.1 Å². The third-order valence-electron chi connectivity index (χ3n) is 4.72. The molecule has 0 spiro atoms. The molecule has 2 aromatic carbocycles. The van der Waals surface area contributed by atoms with Crippen molar-refractivity contribution >= 4 is 45.1 Å². The molecule has 1 N–H and O–H groups in total. The van der Waals surface area contributed by atoms with E-state index in [9.17, 15) is 9.59 Å². The third-order valence-corrected chi connectivity index (χ3v) is 5.83. The van der Waals surface area contributed by atoms with Gasteiger partial charge in [0.15, 0.2) is 0 Å². The van der Waals surface area contributed by atoms with Crippen LogP contribution in [0.1, 0.15) is 34.0 Å². The molecule has 0 radical (unpaired) electrons. The van der Waals surface area contributed by atoms with Crippen LogP contribution in [0.25, 0.3) is 33.2 Å². The van der Waals surface area contributed by atoms with Gasteiger partial charge in [0.05, 0.1) is 22.9 Å². The topological polar surface area (TPSA) is 89.6 Å². The van der Waals surface area contributed by atoms with E-state index < -0.39 is 11.9 Å². The number of esters is 1. The summed E-state index contributed by atoms with van der Waals surface area (Å²) in [4.78, 5) is 27.9. The monoisotopic (exact) mass is 433 g/mol. The Balaban J connectivity index is 1.71. The van der Waals surface area contributed by atoms with Crippen molar-refractivity contribution in [2.45, 2.75) is 12.8 Å². The van der Waals surface area contributed by atoms with Gasteiger partial charge < -0.3 is 14.3 Å². The smallest absolute Gasteiger partial charge is 0.338 e. The number of methoxy groups -OCH3 is 1. The van der Waals surface area contributed by atoms with Gasteiger partial charge in [-0.05, 0) is 48.4 Å². The van der Waals surface area contributed by atoms with E-state index in [4.69, 9.17) is 14.3 Å². The lowest BCUT2D eigenvalue weighted by molar-refractivity contribution is -0.136. The fourth-order valence-electron chi connectivity index (χ4n) is 3.22. The Morgan fingerprint density at radius 2 is 1.84 bits per heavy atom. The van der Waals surface area contributed by atoms with Crippen LogP contribution >= 0.6 is 11.3 Å². The molecule has 0 aliphatic heterocycles. The molecule has 31 heavy (non-hydrogen) atoms. The number of allylic oxidation sites excluding steroid dienone is 1. The number of carboxylic acid groups (broad SMARTS) is 1. The van der Waals surface area contributed by atoms with Gasteiger partial charge in [-0.2, -0.15) is 0 Å². The minimum absolute atomic E-state index is 0.0134. The van der Waals surface area contributed by atoms with Crippen molar-refractivity contribution in [3.63, 3.8) is 0 Å². The first-order valence-electron chi connectivity index (χ1n) is 9.61. The molecule has 2 aromatic heterocycles. The number of para-hydroxylation sites is 1. The lowest BCUT2D eigenvalue weighted by Gasteiger charge is -2.05. The second kappa shape index (κ2) is 8.97. The molecule has 156 valence electrons. The largest absolute Gasteiger partial charge is 0.481 e. The summed E-state index contributed by atoms with van der Waals surface area (Å²) in [7, 11) is 1.34. The third kappa shape index (κ3) is 4.57. The van der Waals surface area contributed by atoms with E-state index in [1.807, 2.05) is 36.4 Å². The molecule has 4 rings (SSSR count). The summed E-state index contributed by atoms with van der Waals surface area (Å²) in [6.07, 6.45) is 2.12. The molecule has 6 nitrogen and oxygen atoms in total. The van der Waals surface area contributed by atoms with Crippen molar-refractivity contribution < 1.29 is 23.8 Å². The second-order valence-corrected chi connectivity index (χ2v) is 7.82. The predicted octanol–water partition coefficient (Wildman–Crippen LogP) is 5.75. The molecule has 0 atom stereocenters. The maximum atomic E-state index is 12.1. The number of carboxylic acids is 1. The maximum absolute atomic E-state index is 12.1. The van der Waals surface area contributed by atoms with Crippen molar-refractivity contribution in [3.8, 4) is 11.3 Å². The Morgan fingerprint density at radius 1 is 1.06 bits per heavy atom. The zero-order chi connectivity index (χ0) is 21.8. The van der Waals surface area contributed by atoms with Gasteiger partial charge in [-0.15, -0.1) is 11.3 Å². The summed E-state index contributed by atoms with van der Waals surface area (Å²) in [5.74, 6) is -0.247. The van der Waals surface area contributed by atoms with Gasteiger partial charge in [0.1, 0.15) is 16.5 Å². The van der Waals surface area contributed by atoms with E-state index in [2.05, 4.69) is 4.98 Å². The van der Waals surface area contributed by atoms with Crippen molar-refractivity contribution in [1.29, 1.82) is 0 Å². The number of aromatic nitrogens is 1. The highest BCUT2D eigenvalue weighted by molar-refractivity contribution is 7.19. The van der Waals surface area contributed by atoms with Gasteiger partial charge in [-0.1, -0.05) is 30.3 Å². The minimum Gasteiger partial charge on any atom is -0.481 e. The van der Waals surface area contributed by atoms with E-state index in [0.29, 0.717) is 29.1 Å². The van der Waals surface area contributed by atoms with Gasteiger partial charge in [0, 0.05) is 12.0 Å².